The Labute approximate surface area is 201 Å². The zero-order valence-electron chi connectivity index (χ0n) is 19.4. The molecular formula is C26H28N2O5S. The van der Waals surface area contributed by atoms with Crippen molar-refractivity contribution in [2.24, 2.45) is 0 Å². The van der Waals surface area contributed by atoms with Gasteiger partial charge in [-0.3, -0.25) is 14.4 Å². The van der Waals surface area contributed by atoms with E-state index in [1.54, 1.807) is 12.1 Å². The van der Waals surface area contributed by atoms with Gasteiger partial charge < -0.3 is 19.8 Å². The van der Waals surface area contributed by atoms with E-state index in [0.717, 1.165) is 66.7 Å². The van der Waals surface area contributed by atoms with Crippen molar-refractivity contribution in [2.45, 2.75) is 58.5 Å². The molecule has 2 N–H and O–H groups in total. The molecule has 34 heavy (non-hydrogen) atoms. The van der Waals surface area contributed by atoms with Crippen LogP contribution in [0.2, 0.25) is 0 Å². The fourth-order valence-corrected chi connectivity index (χ4v) is 5.96. The van der Waals surface area contributed by atoms with Crippen LogP contribution in [-0.4, -0.2) is 31.1 Å². The summed E-state index contributed by atoms with van der Waals surface area (Å²) in [5.74, 6) is -0.807. The summed E-state index contributed by atoms with van der Waals surface area (Å²) >= 11 is 1.44. The number of thiophene rings is 1. The van der Waals surface area contributed by atoms with E-state index in [1.165, 1.54) is 17.4 Å². The number of benzene rings is 1. The van der Waals surface area contributed by atoms with E-state index in [9.17, 15) is 14.4 Å². The van der Waals surface area contributed by atoms with Crippen LogP contribution >= 0.6 is 11.3 Å². The Balaban J connectivity index is 1.44. The second-order valence-electron chi connectivity index (χ2n) is 9.12. The van der Waals surface area contributed by atoms with Crippen LogP contribution in [0.5, 0.6) is 0 Å². The van der Waals surface area contributed by atoms with Crippen LogP contribution in [0.15, 0.2) is 27.4 Å². The zero-order chi connectivity index (χ0) is 23.8. The summed E-state index contributed by atoms with van der Waals surface area (Å²) in [6.07, 6.45) is 5.77. The third kappa shape index (κ3) is 4.40. The maximum absolute atomic E-state index is 13.2. The van der Waals surface area contributed by atoms with Gasteiger partial charge in [-0.05, 0) is 81.2 Å². The van der Waals surface area contributed by atoms with Crippen molar-refractivity contribution < 1.29 is 18.7 Å². The van der Waals surface area contributed by atoms with Gasteiger partial charge in [-0.1, -0.05) is 0 Å². The minimum atomic E-state index is -0.538. The molecule has 0 saturated carbocycles. The molecule has 7 nitrogen and oxygen atoms in total. The van der Waals surface area contributed by atoms with E-state index in [0.29, 0.717) is 28.1 Å². The lowest BCUT2D eigenvalue weighted by atomic mass is 9.95. The molecule has 2 aliphatic rings. The third-order valence-corrected chi connectivity index (χ3v) is 7.91. The lowest BCUT2D eigenvalue weighted by Gasteiger charge is -2.15. The summed E-state index contributed by atoms with van der Waals surface area (Å²) in [6, 6.07) is 4.77. The molecule has 0 radical (unpaired) electrons. The molecule has 1 aliphatic heterocycles. The molecule has 1 saturated heterocycles. The third-order valence-electron chi connectivity index (χ3n) is 6.71. The maximum atomic E-state index is 13.2. The van der Waals surface area contributed by atoms with Gasteiger partial charge in [0.05, 0.1) is 17.1 Å². The molecular weight excluding hydrogens is 452 g/mol. The Hall–Kier alpha value is -2.97. The Bertz CT molecular complexity index is 1330. The highest BCUT2D eigenvalue weighted by atomic mass is 32.1. The van der Waals surface area contributed by atoms with Crippen molar-refractivity contribution in [1.82, 2.24) is 5.32 Å². The molecule has 0 unspecified atom stereocenters. The number of aryl methyl sites for hydroxylation is 3. The standard InChI is InChI=1S/C26H28N2O5S/c1-14-10-18-19(29)12-21(33-20(18)11-15(14)2)24(30)28-26-23(17-7-3-4-8-22(17)34-26)25(31)27-13-16-6-5-9-32-16/h10-12,16H,3-9,13H2,1-2H3,(H,27,31)(H,28,30)/t16-/m1/s1. The molecule has 8 heteroatoms. The molecule has 0 bridgehead atoms. The van der Waals surface area contributed by atoms with E-state index >= 15 is 0 Å². The predicted octanol–water partition coefficient (Wildman–Crippen LogP) is 4.51. The summed E-state index contributed by atoms with van der Waals surface area (Å²) < 4.78 is 11.4. The van der Waals surface area contributed by atoms with Gasteiger partial charge in [0.2, 0.25) is 0 Å². The van der Waals surface area contributed by atoms with Gasteiger partial charge in [-0.15, -0.1) is 11.3 Å². The Morgan fingerprint density at radius 1 is 1.06 bits per heavy atom. The second kappa shape index (κ2) is 9.35. The highest BCUT2D eigenvalue weighted by Gasteiger charge is 2.28. The first-order valence-corrected chi connectivity index (χ1v) is 12.6. The first-order chi connectivity index (χ1) is 16.4. The van der Waals surface area contributed by atoms with E-state index in [4.69, 9.17) is 9.15 Å². The summed E-state index contributed by atoms with van der Waals surface area (Å²) in [6.45, 7) is 5.04. The average Bonchev–Trinajstić information content (AvgIpc) is 3.46. The van der Waals surface area contributed by atoms with Crippen molar-refractivity contribution in [3.8, 4) is 0 Å². The normalized spacial score (nSPS) is 17.5. The largest absolute Gasteiger partial charge is 0.451 e. The maximum Gasteiger partial charge on any atom is 0.292 e. The minimum Gasteiger partial charge on any atom is -0.451 e. The Morgan fingerprint density at radius 2 is 1.85 bits per heavy atom. The Kier molecular flexibility index (Phi) is 6.27. The van der Waals surface area contributed by atoms with Crippen LogP contribution in [0.25, 0.3) is 11.0 Å². The van der Waals surface area contributed by atoms with Gasteiger partial charge in [0, 0.05) is 24.1 Å². The zero-order valence-corrected chi connectivity index (χ0v) is 20.2. The Morgan fingerprint density at radius 3 is 2.65 bits per heavy atom. The molecule has 1 fully saturated rings. The van der Waals surface area contributed by atoms with Crippen LogP contribution in [0.3, 0.4) is 0 Å². The van der Waals surface area contributed by atoms with Gasteiger partial charge in [-0.25, -0.2) is 0 Å². The summed E-state index contributed by atoms with van der Waals surface area (Å²) in [5.41, 5.74) is 3.61. The minimum absolute atomic E-state index is 0.0374. The van der Waals surface area contributed by atoms with E-state index in [-0.39, 0.29) is 23.2 Å². The van der Waals surface area contributed by atoms with Crippen LogP contribution < -0.4 is 16.1 Å². The lowest BCUT2D eigenvalue weighted by molar-refractivity contribution is 0.0858. The number of carbonyl (C=O) groups is 2. The van der Waals surface area contributed by atoms with E-state index in [1.807, 2.05) is 13.8 Å². The van der Waals surface area contributed by atoms with E-state index < -0.39 is 5.91 Å². The van der Waals surface area contributed by atoms with Crippen molar-refractivity contribution in [1.29, 1.82) is 0 Å². The fourth-order valence-electron chi connectivity index (χ4n) is 4.68. The van der Waals surface area contributed by atoms with Crippen LogP contribution in [-0.2, 0) is 17.6 Å². The average molecular weight is 481 g/mol. The lowest BCUT2D eigenvalue weighted by Crippen LogP contribution is -2.32. The number of fused-ring (bicyclic) bond motifs is 2. The smallest absolute Gasteiger partial charge is 0.292 e. The first-order valence-electron chi connectivity index (χ1n) is 11.8. The van der Waals surface area contributed by atoms with Gasteiger partial charge in [0.15, 0.2) is 11.2 Å². The van der Waals surface area contributed by atoms with Gasteiger partial charge in [-0.2, -0.15) is 0 Å². The fraction of sp³-hybridized carbons (Fsp3) is 0.423. The van der Waals surface area contributed by atoms with Crippen molar-refractivity contribution in [3.63, 3.8) is 0 Å². The van der Waals surface area contributed by atoms with Crippen LogP contribution in [0, 0.1) is 13.8 Å². The number of ether oxygens (including phenoxy) is 1. The number of hydrogen-bond donors (Lipinski definition) is 2. The number of amides is 2. The summed E-state index contributed by atoms with van der Waals surface area (Å²) in [7, 11) is 0. The molecule has 1 atom stereocenters. The number of carbonyl (C=O) groups excluding carboxylic acids is 2. The first kappa shape index (κ1) is 22.8. The molecule has 2 amide bonds. The quantitative estimate of drug-likeness (QED) is 0.560. The second-order valence-corrected chi connectivity index (χ2v) is 10.2. The molecule has 2 aromatic heterocycles. The molecule has 1 aliphatic carbocycles. The highest BCUT2D eigenvalue weighted by molar-refractivity contribution is 7.17. The molecule has 0 spiro atoms. The number of rotatable bonds is 5. The van der Waals surface area contributed by atoms with Crippen molar-refractivity contribution in [2.75, 3.05) is 18.5 Å². The highest BCUT2D eigenvalue weighted by Crippen LogP contribution is 2.38. The van der Waals surface area contributed by atoms with Crippen molar-refractivity contribution in [3.05, 3.63) is 61.3 Å². The number of nitrogens with one attached hydrogen (secondary N) is 2. The summed E-state index contributed by atoms with van der Waals surface area (Å²) in [4.78, 5) is 40.1. The molecule has 1 aromatic carbocycles. The molecule has 5 rings (SSSR count). The van der Waals surface area contributed by atoms with Crippen molar-refractivity contribution >= 4 is 39.1 Å². The summed E-state index contributed by atoms with van der Waals surface area (Å²) in [5, 5.41) is 6.81. The molecule has 178 valence electrons. The van der Waals surface area contributed by atoms with Crippen LogP contribution in [0.4, 0.5) is 5.00 Å². The monoisotopic (exact) mass is 480 g/mol. The topological polar surface area (TPSA) is 97.6 Å². The van der Waals surface area contributed by atoms with Gasteiger partial charge in [0.25, 0.3) is 11.8 Å². The number of hydrogen-bond acceptors (Lipinski definition) is 6. The van der Waals surface area contributed by atoms with Gasteiger partial charge in [0.1, 0.15) is 10.6 Å². The molecule has 3 heterocycles. The van der Waals surface area contributed by atoms with E-state index in [2.05, 4.69) is 10.6 Å². The van der Waals surface area contributed by atoms with Gasteiger partial charge >= 0.3 is 0 Å². The van der Waals surface area contributed by atoms with Crippen LogP contribution in [0.1, 0.15) is 68.2 Å². The predicted molar refractivity (Wildman–Crippen MR) is 132 cm³/mol. The molecule has 3 aromatic rings. The SMILES string of the molecule is Cc1cc2oc(C(=O)Nc3sc4c(c3C(=O)NC[C@H]3CCCO3)CCCC4)cc(=O)c2cc1C. The number of anilines is 1.